The molecule has 0 aromatic heterocycles. The summed E-state index contributed by atoms with van der Waals surface area (Å²) in [5.41, 5.74) is 2.05. The van der Waals surface area contributed by atoms with Crippen molar-refractivity contribution < 1.29 is 22.7 Å². The SMILES string of the molecule is COc1cccc(N(CCCC(=O)N(Cc2ccc(Cl)c(Cl)c2)C(Cc2ccccc2)C(=O)NC(C)C)S(C)(=O)=O)c1. The van der Waals surface area contributed by atoms with E-state index in [1.54, 1.807) is 47.4 Å². The first-order chi connectivity index (χ1) is 19.9. The van der Waals surface area contributed by atoms with Crippen LogP contribution in [0.5, 0.6) is 5.75 Å². The summed E-state index contributed by atoms with van der Waals surface area (Å²) in [6, 6.07) is 20.4. The second kappa shape index (κ2) is 15.3. The Balaban J connectivity index is 1.90. The van der Waals surface area contributed by atoms with Gasteiger partial charge in [0, 0.05) is 38.0 Å². The van der Waals surface area contributed by atoms with E-state index >= 15 is 0 Å². The van der Waals surface area contributed by atoms with Crippen LogP contribution < -0.4 is 14.4 Å². The van der Waals surface area contributed by atoms with E-state index in [9.17, 15) is 18.0 Å². The molecule has 0 saturated heterocycles. The van der Waals surface area contributed by atoms with Gasteiger partial charge in [-0.25, -0.2) is 8.42 Å². The number of rotatable bonds is 14. The molecule has 0 aliphatic rings. The van der Waals surface area contributed by atoms with Crippen molar-refractivity contribution in [3.8, 4) is 5.75 Å². The van der Waals surface area contributed by atoms with Gasteiger partial charge >= 0.3 is 0 Å². The fourth-order valence-electron chi connectivity index (χ4n) is 4.54. The number of benzene rings is 3. The summed E-state index contributed by atoms with van der Waals surface area (Å²) in [5.74, 6) is -0.0543. The maximum atomic E-state index is 13.9. The first-order valence-corrected chi connectivity index (χ1v) is 16.2. The number of ether oxygens (including phenoxy) is 1. The maximum Gasteiger partial charge on any atom is 0.243 e. The normalized spacial score (nSPS) is 12.1. The number of hydrogen-bond acceptors (Lipinski definition) is 5. The molecule has 3 aromatic rings. The Morgan fingerprint density at radius 2 is 1.64 bits per heavy atom. The number of amides is 2. The van der Waals surface area contributed by atoms with Gasteiger partial charge in [0.1, 0.15) is 11.8 Å². The quantitative estimate of drug-likeness (QED) is 0.245. The van der Waals surface area contributed by atoms with Crippen LogP contribution in [0.15, 0.2) is 72.8 Å². The molecule has 0 aliphatic heterocycles. The predicted octanol–water partition coefficient (Wildman–Crippen LogP) is 5.71. The number of sulfonamides is 1. The van der Waals surface area contributed by atoms with Crippen molar-refractivity contribution in [2.24, 2.45) is 0 Å². The first-order valence-electron chi connectivity index (χ1n) is 13.6. The number of nitrogens with zero attached hydrogens (tertiary/aromatic N) is 2. The monoisotopic (exact) mass is 633 g/mol. The van der Waals surface area contributed by atoms with Gasteiger partial charge in [-0.15, -0.1) is 0 Å². The Morgan fingerprint density at radius 3 is 2.26 bits per heavy atom. The van der Waals surface area contributed by atoms with Crippen LogP contribution in [-0.2, 0) is 32.6 Å². The average Bonchev–Trinajstić information content (AvgIpc) is 2.94. The molecule has 3 aromatic carbocycles. The Morgan fingerprint density at radius 1 is 0.929 bits per heavy atom. The highest BCUT2D eigenvalue weighted by Gasteiger charge is 2.31. The summed E-state index contributed by atoms with van der Waals surface area (Å²) in [6.45, 7) is 3.91. The lowest BCUT2D eigenvalue weighted by atomic mass is 10.0. The lowest BCUT2D eigenvalue weighted by Crippen LogP contribution is -2.51. The molecular weight excluding hydrogens is 597 g/mol. The van der Waals surface area contributed by atoms with Crippen molar-refractivity contribution in [3.05, 3.63) is 94.0 Å². The maximum absolute atomic E-state index is 13.9. The summed E-state index contributed by atoms with van der Waals surface area (Å²) in [4.78, 5) is 29.0. The van der Waals surface area contributed by atoms with Crippen LogP contribution in [0.2, 0.25) is 10.0 Å². The predicted molar refractivity (Wildman–Crippen MR) is 169 cm³/mol. The van der Waals surface area contributed by atoms with Crippen molar-refractivity contribution in [2.45, 2.75) is 51.7 Å². The second-order valence-corrected chi connectivity index (χ2v) is 13.0. The molecule has 0 radical (unpaired) electrons. The topological polar surface area (TPSA) is 96.0 Å². The number of carbonyl (C=O) groups is 2. The molecule has 1 unspecified atom stereocenters. The Bertz CT molecular complexity index is 1470. The Labute approximate surface area is 258 Å². The number of anilines is 1. The lowest BCUT2D eigenvalue weighted by molar-refractivity contribution is -0.141. The zero-order chi connectivity index (χ0) is 30.9. The highest BCUT2D eigenvalue weighted by atomic mass is 35.5. The van der Waals surface area contributed by atoms with E-state index in [0.717, 1.165) is 11.8 Å². The van der Waals surface area contributed by atoms with E-state index in [4.69, 9.17) is 27.9 Å². The highest BCUT2D eigenvalue weighted by Crippen LogP contribution is 2.26. The molecule has 2 amide bonds. The van der Waals surface area contributed by atoms with Gasteiger partial charge < -0.3 is 15.0 Å². The lowest BCUT2D eigenvalue weighted by Gasteiger charge is -2.32. The number of nitrogens with one attached hydrogen (secondary N) is 1. The molecular formula is C31H37Cl2N3O5S. The van der Waals surface area contributed by atoms with E-state index in [1.807, 2.05) is 44.2 Å². The standard InChI is InChI=1S/C31H37Cl2N3O5S/c1-22(2)34-31(38)29(19-23-10-6-5-7-11-23)35(21-24-15-16-27(32)28(33)18-24)30(37)14-9-17-36(42(4,39)40)25-12-8-13-26(20-25)41-3/h5-8,10-13,15-16,18,20,22,29H,9,14,17,19,21H2,1-4H3,(H,34,38). The molecule has 0 bridgehead atoms. The molecule has 1 atom stereocenters. The van der Waals surface area contributed by atoms with Crippen molar-refractivity contribution in [3.63, 3.8) is 0 Å². The molecule has 11 heteroatoms. The molecule has 226 valence electrons. The van der Waals surface area contributed by atoms with Crippen LogP contribution >= 0.6 is 23.2 Å². The highest BCUT2D eigenvalue weighted by molar-refractivity contribution is 7.92. The fourth-order valence-corrected chi connectivity index (χ4v) is 5.82. The van der Waals surface area contributed by atoms with E-state index in [2.05, 4.69) is 5.32 Å². The number of halogens is 2. The van der Waals surface area contributed by atoms with Crippen LogP contribution in [-0.4, -0.2) is 57.1 Å². The first kappa shape index (κ1) is 33.2. The van der Waals surface area contributed by atoms with E-state index < -0.39 is 16.1 Å². The Hall–Kier alpha value is -3.27. The van der Waals surface area contributed by atoms with Crippen molar-refractivity contribution in [1.82, 2.24) is 10.2 Å². The van der Waals surface area contributed by atoms with Crippen molar-refractivity contribution in [2.75, 3.05) is 24.2 Å². The molecule has 1 N–H and O–H groups in total. The average molecular weight is 635 g/mol. The Kier molecular flexibility index (Phi) is 12.1. The molecule has 0 aliphatic carbocycles. The van der Waals surface area contributed by atoms with Crippen LogP contribution in [0.4, 0.5) is 5.69 Å². The van der Waals surface area contributed by atoms with Crippen LogP contribution in [0.1, 0.15) is 37.8 Å². The summed E-state index contributed by atoms with van der Waals surface area (Å²) in [6.07, 6.45) is 1.66. The zero-order valence-electron chi connectivity index (χ0n) is 24.2. The third kappa shape index (κ3) is 9.64. The van der Waals surface area contributed by atoms with Gasteiger partial charge in [0.05, 0.1) is 29.1 Å². The number of carbonyl (C=O) groups excluding carboxylic acids is 2. The van der Waals surface area contributed by atoms with Gasteiger partial charge in [0.15, 0.2) is 0 Å². The molecule has 8 nitrogen and oxygen atoms in total. The minimum atomic E-state index is -3.64. The van der Waals surface area contributed by atoms with Gasteiger partial charge in [-0.1, -0.05) is 65.7 Å². The van der Waals surface area contributed by atoms with E-state index in [0.29, 0.717) is 33.5 Å². The smallest absolute Gasteiger partial charge is 0.243 e. The molecule has 3 rings (SSSR count). The zero-order valence-corrected chi connectivity index (χ0v) is 26.5. The number of methoxy groups -OCH3 is 1. The molecule has 0 heterocycles. The van der Waals surface area contributed by atoms with Crippen molar-refractivity contribution in [1.29, 1.82) is 0 Å². The van der Waals surface area contributed by atoms with Gasteiger partial charge in [-0.2, -0.15) is 0 Å². The van der Waals surface area contributed by atoms with E-state index in [1.165, 1.54) is 11.4 Å². The summed E-state index contributed by atoms with van der Waals surface area (Å²) in [7, 11) is -2.13. The molecule has 0 fully saturated rings. The van der Waals surface area contributed by atoms with Gasteiger partial charge in [0.25, 0.3) is 0 Å². The summed E-state index contributed by atoms with van der Waals surface area (Å²) >= 11 is 12.4. The second-order valence-electron chi connectivity index (χ2n) is 10.3. The van der Waals surface area contributed by atoms with Gasteiger partial charge in [-0.3, -0.25) is 13.9 Å². The van der Waals surface area contributed by atoms with Gasteiger partial charge in [-0.05, 0) is 55.7 Å². The number of hydrogen-bond donors (Lipinski definition) is 1. The van der Waals surface area contributed by atoms with E-state index in [-0.39, 0.29) is 43.8 Å². The largest absolute Gasteiger partial charge is 0.497 e. The summed E-state index contributed by atoms with van der Waals surface area (Å²) in [5, 5.41) is 3.68. The third-order valence-corrected chi connectivity index (χ3v) is 8.47. The summed E-state index contributed by atoms with van der Waals surface area (Å²) < 4.78 is 31.8. The van der Waals surface area contributed by atoms with Crippen molar-refractivity contribution >= 4 is 50.7 Å². The van der Waals surface area contributed by atoms with Crippen LogP contribution in [0, 0.1) is 0 Å². The minimum absolute atomic E-state index is 0.0115. The molecule has 0 spiro atoms. The fraction of sp³-hybridized carbons (Fsp3) is 0.355. The van der Waals surface area contributed by atoms with Crippen LogP contribution in [0.25, 0.3) is 0 Å². The molecule has 0 saturated carbocycles. The third-order valence-electron chi connectivity index (χ3n) is 6.53. The van der Waals surface area contributed by atoms with Gasteiger partial charge in [0.2, 0.25) is 21.8 Å². The minimum Gasteiger partial charge on any atom is -0.497 e. The van der Waals surface area contributed by atoms with Crippen LogP contribution in [0.3, 0.4) is 0 Å². The molecule has 42 heavy (non-hydrogen) atoms.